The molecule has 0 radical (unpaired) electrons. The highest BCUT2D eigenvalue weighted by molar-refractivity contribution is 6.11. The first-order valence-electron chi connectivity index (χ1n) is 6.48. The minimum atomic E-state index is -0.153. The first kappa shape index (κ1) is 12.1. The third-order valence-corrected chi connectivity index (χ3v) is 3.74. The second-order valence-electron chi connectivity index (χ2n) is 4.94. The molecular weight excluding hydrogens is 244 g/mol. The van der Waals surface area contributed by atoms with Gasteiger partial charge in [0.15, 0.2) is 17.1 Å². The predicted octanol–water partition coefficient (Wildman–Crippen LogP) is 3.23. The molecule has 0 fully saturated rings. The molecule has 4 nitrogen and oxygen atoms in total. The number of ketones is 1. The average molecular weight is 260 g/mol. The lowest BCUT2D eigenvalue weighted by Crippen LogP contribution is -2.01. The van der Waals surface area contributed by atoms with E-state index >= 15 is 0 Å². The number of fused-ring (bicyclic) bond motifs is 3. The van der Waals surface area contributed by atoms with Crippen LogP contribution >= 0.6 is 0 Å². The summed E-state index contributed by atoms with van der Waals surface area (Å²) >= 11 is 0. The Morgan fingerprint density at radius 2 is 2.11 bits per heavy atom. The molecule has 1 N–H and O–H groups in total. The first-order valence-corrected chi connectivity index (χ1v) is 6.48. The minimum absolute atomic E-state index is 0.0361. The van der Waals surface area contributed by atoms with Crippen LogP contribution in [-0.4, -0.2) is 18.0 Å². The van der Waals surface area contributed by atoms with Crippen LogP contribution in [0, 0.1) is 0 Å². The van der Waals surface area contributed by atoms with Crippen LogP contribution in [0.1, 0.15) is 41.4 Å². The molecule has 0 unspecified atom stereocenters. The van der Waals surface area contributed by atoms with Gasteiger partial charge < -0.3 is 14.3 Å². The van der Waals surface area contributed by atoms with Crippen LogP contribution in [0.3, 0.4) is 0 Å². The van der Waals surface area contributed by atoms with Crippen molar-refractivity contribution in [2.75, 3.05) is 7.11 Å². The topological polar surface area (TPSA) is 59.7 Å². The number of Topliss-reactive ketones (excluding diaryl/α,β-unsaturated/α-hetero) is 1. The summed E-state index contributed by atoms with van der Waals surface area (Å²) in [6, 6.07) is 1.45. The molecule has 3 rings (SSSR count). The number of carbonyl (C=O) groups excluding carboxylic acids is 1. The Bertz CT molecular complexity index is 667. The maximum Gasteiger partial charge on any atom is 0.177 e. The molecule has 2 aromatic rings. The van der Waals surface area contributed by atoms with Crippen molar-refractivity contribution in [3.8, 4) is 11.5 Å². The highest BCUT2D eigenvalue weighted by Gasteiger charge is 2.26. The molecule has 1 heterocycles. The number of ether oxygens (including phenoxy) is 1. The molecule has 0 saturated carbocycles. The van der Waals surface area contributed by atoms with Gasteiger partial charge in [0, 0.05) is 23.4 Å². The van der Waals surface area contributed by atoms with E-state index in [4.69, 9.17) is 9.15 Å². The summed E-state index contributed by atoms with van der Waals surface area (Å²) in [5.41, 5.74) is 1.99. The van der Waals surface area contributed by atoms with Gasteiger partial charge >= 0.3 is 0 Å². The Morgan fingerprint density at radius 1 is 1.37 bits per heavy atom. The fraction of sp³-hybridized carbons (Fsp3) is 0.400. The summed E-state index contributed by atoms with van der Waals surface area (Å²) in [7, 11) is 1.53. The lowest BCUT2D eigenvalue weighted by molar-refractivity contribution is 0.101. The Balaban J connectivity index is 2.44. The van der Waals surface area contributed by atoms with Gasteiger partial charge in [-0.05, 0) is 26.2 Å². The van der Waals surface area contributed by atoms with Crippen LogP contribution < -0.4 is 4.74 Å². The lowest BCUT2D eigenvalue weighted by Gasteiger charge is -2.10. The second-order valence-corrected chi connectivity index (χ2v) is 4.94. The predicted molar refractivity (Wildman–Crippen MR) is 71.1 cm³/mol. The fourth-order valence-corrected chi connectivity index (χ4v) is 2.90. The van der Waals surface area contributed by atoms with Crippen molar-refractivity contribution in [1.29, 1.82) is 0 Å². The SMILES string of the molecule is COc1cc(O)c(C(C)=O)c2c3c(oc12)CCCC3. The van der Waals surface area contributed by atoms with E-state index in [1.807, 2.05) is 0 Å². The van der Waals surface area contributed by atoms with Gasteiger partial charge in [-0.15, -0.1) is 0 Å². The van der Waals surface area contributed by atoms with Crippen molar-refractivity contribution in [2.24, 2.45) is 0 Å². The number of aryl methyl sites for hydroxylation is 2. The molecule has 0 bridgehead atoms. The van der Waals surface area contributed by atoms with Crippen molar-refractivity contribution in [3.05, 3.63) is 23.0 Å². The van der Waals surface area contributed by atoms with Gasteiger partial charge in [-0.25, -0.2) is 0 Å². The van der Waals surface area contributed by atoms with Crippen LogP contribution in [0.5, 0.6) is 11.5 Å². The Hall–Kier alpha value is -1.97. The van der Waals surface area contributed by atoms with Crippen molar-refractivity contribution in [2.45, 2.75) is 32.6 Å². The van der Waals surface area contributed by atoms with E-state index in [1.165, 1.54) is 20.1 Å². The molecule has 4 heteroatoms. The summed E-state index contributed by atoms with van der Waals surface area (Å²) in [6.07, 6.45) is 3.94. The number of benzene rings is 1. The highest BCUT2D eigenvalue weighted by atomic mass is 16.5. The highest BCUT2D eigenvalue weighted by Crippen LogP contribution is 2.42. The van der Waals surface area contributed by atoms with Crippen molar-refractivity contribution >= 4 is 16.8 Å². The second kappa shape index (κ2) is 4.30. The average Bonchev–Trinajstić information content (AvgIpc) is 2.76. The van der Waals surface area contributed by atoms with Gasteiger partial charge in [0.25, 0.3) is 0 Å². The number of rotatable bonds is 2. The standard InChI is InChI=1S/C15H16O4/c1-8(16)13-10(17)7-12(18-2)15-14(13)9-5-3-4-6-11(9)19-15/h7,17H,3-6H2,1-2H3. The number of furan rings is 1. The van der Waals surface area contributed by atoms with Gasteiger partial charge in [-0.3, -0.25) is 4.79 Å². The molecule has 19 heavy (non-hydrogen) atoms. The molecular formula is C15H16O4. The Morgan fingerprint density at radius 3 is 2.79 bits per heavy atom. The number of hydrogen-bond donors (Lipinski definition) is 1. The maximum absolute atomic E-state index is 11.8. The zero-order valence-electron chi connectivity index (χ0n) is 11.1. The van der Waals surface area contributed by atoms with Crippen molar-refractivity contribution in [1.82, 2.24) is 0 Å². The smallest absolute Gasteiger partial charge is 0.177 e. The van der Waals surface area contributed by atoms with E-state index in [0.717, 1.165) is 42.4 Å². The van der Waals surface area contributed by atoms with E-state index < -0.39 is 0 Å². The quantitative estimate of drug-likeness (QED) is 0.842. The molecule has 0 amide bonds. The third kappa shape index (κ3) is 1.70. The van der Waals surface area contributed by atoms with Gasteiger partial charge in [-0.1, -0.05) is 0 Å². The molecule has 100 valence electrons. The molecule has 1 aromatic heterocycles. The number of carbonyl (C=O) groups is 1. The van der Waals surface area contributed by atoms with E-state index in [1.54, 1.807) is 0 Å². The zero-order chi connectivity index (χ0) is 13.6. The Labute approximate surface area is 111 Å². The molecule has 0 atom stereocenters. The molecule has 1 aliphatic rings. The first-order chi connectivity index (χ1) is 9.13. The van der Waals surface area contributed by atoms with Gasteiger partial charge in [-0.2, -0.15) is 0 Å². The normalized spacial score (nSPS) is 14.4. The number of phenolic OH excluding ortho intramolecular Hbond substituents is 1. The van der Waals surface area contributed by atoms with Crippen LogP contribution in [-0.2, 0) is 12.8 Å². The summed E-state index contributed by atoms with van der Waals surface area (Å²) < 4.78 is 11.1. The number of hydrogen-bond acceptors (Lipinski definition) is 4. The van der Waals surface area contributed by atoms with Gasteiger partial charge in [0.2, 0.25) is 0 Å². The van der Waals surface area contributed by atoms with Crippen LogP contribution in [0.4, 0.5) is 0 Å². The molecule has 0 spiro atoms. The molecule has 1 aliphatic carbocycles. The molecule has 1 aromatic carbocycles. The summed E-state index contributed by atoms with van der Waals surface area (Å²) in [5.74, 6) is 1.21. The van der Waals surface area contributed by atoms with E-state index in [-0.39, 0.29) is 11.5 Å². The lowest BCUT2D eigenvalue weighted by atomic mass is 9.92. The molecule has 0 aliphatic heterocycles. The number of aromatic hydroxyl groups is 1. The van der Waals surface area contributed by atoms with Crippen LogP contribution in [0.2, 0.25) is 0 Å². The zero-order valence-corrected chi connectivity index (χ0v) is 11.1. The van der Waals surface area contributed by atoms with Crippen molar-refractivity contribution < 1.29 is 19.1 Å². The van der Waals surface area contributed by atoms with Crippen LogP contribution in [0.15, 0.2) is 10.5 Å². The van der Waals surface area contributed by atoms with E-state index in [9.17, 15) is 9.90 Å². The third-order valence-electron chi connectivity index (χ3n) is 3.74. The number of methoxy groups -OCH3 is 1. The van der Waals surface area contributed by atoms with Crippen LogP contribution in [0.25, 0.3) is 11.0 Å². The van der Waals surface area contributed by atoms with E-state index in [2.05, 4.69) is 0 Å². The monoisotopic (exact) mass is 260 g/mol. The van der Waals surface area contributed by atoms with Gasteiger partial charge in [0.05, 0.1) is 12.7 Å². The Kier molecular flexibility index (Phi) is 2.73. The van der Waals surface area contributed by atoms with Gasteiger partial charge in [0.1, 0.15) is 11.5 Å². The maximum atomic E-state index is 11.8. The molecule has 0 saturated heterocycles. The van der Waals surface area contributed by atoms with Crippen molar-refractivity contribution in [3.63, 3.8) is 0 Å². The largest absolute Gasteiger partial charge is 0.507 e. The van der Waals surface area contributed by atoms with E-state index in [0.29, 0.717) is 16.9 Å². The summed E-state index contributed by atoms with van der Waals surface area (Å²) in [6.45, 7) is 1.46. The summed E-state index contributed by atoms with van der Waals surface area (Å²) in [4.78, 5) is 11.8. The minimum Gasteiger partial charge on any atom is -0.507 e. The number of phenols is 1. The summed E-state index contributed by atoms with van der Waals surface area (Å²) in [5, 5.41) is 10.8. The fourth-order valence-electron chi connectivity index (χ4n) is 2.90.